The van der Waals surface area contributed by atoms with Gasteiger partial charge in [-0.1, -0.05) is 18.2 Å². The maximum atomic E-state index is 12.6. The predicted octanol–water partition coefficient (Wildman–Crippen LogP) is 2.26. The second-order valence-electron chi connectivity index (χ2n) is 4.48. The van der Waals surface area contributed by atoms with Crippen molar-refractivity contribution in [1.82, 2.24) is 0 Å². The van der Waals surface area contributed by atoms with Crippen LogP contribution in [0.2, 0.25) is 0 Å². The Balaban J connectivity index is 2.43. The highest BCUT2D eigenvalue weighted by atomic mass is 32.2. The summed E-state index contributed by atoms with van der Waals surface area (Å²) in [5.41, 5.74) is 6.69. The molecule has 0 atom stereocenters. The van der Waals surface area contributed by atoms with Crippen molar-refractivity contribution in [2.75, 3.05) is 20.0 Å². The molecule has 0 aliphatic carbocycles. The Hall–Kier alpha value is -2.21. The van der Waals surface area contributed by atoms with Crippen LogP contribution in [0.25, 0.3) is 0 Å². The third-order valence-electron chi connectivity index (χ3n) is 3.06. The molecule has 2 N–H and O–H groups in total. The molecular weight excluding hydrogens is 290 g/mol. The first-order chi connectivity index (χ1) is 9.97. The van der Waals surface area contributed by atoms with Gasteiger partial charge in [0.25, 0.3) is 0 Å². The maximum absolute atomic E-state index is 12.6. The van der Waals surface area contributed by atoms with E-state index in [1.807, 2.05) is 0 Å². The van der Waals surface area contributed by atoms with E-state index in [1.165, 1.54) is 32.4 Å². The lowest BCUT2D eigenvalue weighted by molar-refractivity contribution is 0.402. The second-order valence-corrected chi connectivity index (χ2v) is 6.44. The third-order valence-corrected chi connectivity index (χ3v) is 4.76. The first-order valence-corrected chi connectivity index (χ1v) is 7.91. The summed E-state index contributed by atoms with van der Waals surface area (Å²) in [5, 5.41) is 0. The van der Waals surface area contributed by atoms with Gasteiger partial charge in [0.2, 0.25) is 0 Å². The standard InChI is InChI=1S/C15H17NO4S/c1-19-13-6-4-3-5-11(13)10-21(17,18)15-8-7-12(16)9-14(15)20-2/h3-9H,10,16H2,1-2H3. The largest absolute Gasteiger partial charge is 0.496 e. The van der Waals surface area contributed by atoms with Crippen molar-refractivity contribution in [3.05, 3.63) is 48.0 Å². The first-order valence-electron chi connectivity index (χ1n) is 6.26. The molecule has 0 saturated carbocycles. The van der Waals surface area contributed by atoms with Crippen LogP contribution < -0.4 is 15.2 Å². The molecule has 0 unspecified atom stereocenters. The number of anilines is 1. The van der Waals surface area contributed by atoms with Crippen LogP contribution in [-0.4, -0.2) is 22.6 Å². The van der Waals surface area contributed by atoms with Crippen LogP contribution in [0.4, 0.5) is 5.69 Å². The molecule has 0 saturated heterocycles. The minimum absolute atomic E-state index is 0.116. The molecule has 6 heteroatoms. The number of hydrogen-bond acceptors (Lipinski definition) is 5. The van der Waals surface area contributed by atoms with Gasteiger partial charge in [-0.2, -0.15) is 0 Å². The molecule has 0 fully saturated rings. The quantitative estimate of drug-likeness (QED) is 0.857. The number of rotatable bonds is 5. The number of nitrogen functional groups attached to an aromatic ring is 1. The van der Waals surface area contributed by atoms with Crippen molar-refractivity contribution in [1.29, 1.82) is 0 Å². The van der Waals surface area contributed by atoms with Crippen molar-refractivity contribution in [2.45, 2.75) is 10.6 Å². The number of hydrogen-bond donors (Lipinski definition) is 1. The Morgan fingerprint density at radius 1 is 1.00 bits per heavy atom. The molecular formula is C15H17NO4S. The molecule has 0 radical (unpaired) electrons. The van der Waals surface area contributed by atoms with Crippen molar-refractivity contribution < 1.29 is 17.9 Å². The molecule has 2 rings (SSSR count). The van der Waals surface area contributed by atoms with Gasteiger partial charge in [-0.25, -0.2) is 8.42 Å². The van der Waals surface area contributed by atoms with Gasteiger partial charge < -0.3 is 15.2 Å². The van der Waals surface area contributed by atoms with Gasteiger partial charge in [0.05, 0.1) is 20.0 Å². The average Bonchev–Trinajstić information content (AvgIpc) is 2.47. The predicted molar refractivity (Wildman–Crippen MR) is 81.3 cm³/mol. The molecule has 0 bridgehead atoms. The van der Waals surface area contributed by atoms with Gasteiger partial charge in [-0.05, 0) is 18.2 Å². The molecule has 21 heavy (non-hydrogen) atoms. The zero-order chi connectivity index (χ0) is 15.5. The van der Waals surface area contributed by atoms with Crippen LogP contribution in [0.3, 0.4) is 0 Å². The van der Waals surface area contributed by atoms with E-state index in [0.29, 0.717) is 17.0 Å². The first kappa shape index (κ1) is 15.2. The van der Waals surface area contributed by atoms with E-state index in [9.17, 15) is 8.42 Å². The van der Waals surface area contributed by atoms with E-state index in [-0.39, 0.29) is 16.4 Å². The molecule has 0 heterocycles. The van der Waals surface area contributed by atoms with Crippen LogP contribution in [-0.2, 0) is 15.6 Å². The lowest BCUT2D eigenvalue weighted by Crippen LogP contribution is -2.08. The third kappa shape index (κ3) is 3.28. The summed E-state index contributed by atoms with van der Waals surface area (Å²) in [6.45, 7) is 0. The molecule has 2 aromatic carbocycles. The van der Waals surface area contributed by atoms with Crippen LogP contribution in [0.5, 0.6) is 11.5 Å². The van der Waals surface area contributed by atoms with Gasteiger partial charge in [0.1, 0.15) is 16.4 Å². The second kappa shape index (κ2) is 6.05. The maximum Gasteiger partial charge on any atom is 0.186 e. The van der Waals surface area contributed by atoms with Gasteiger partial charge in [0.15, 0.2) is 9.84 Å². The Kier molecular flexibility index (Phi) is 4.37. The fourth-order valence-electron chi connectivity index (χ4n) is 2.05. The van der Waals surface area contributed by atoms with Gasteiger partial charge in [-0.15, -0.1) is 0 Å². The highest BCUT2D eigenvalue weighted by Crippen LogP contribution is 2.30. The monoisotopic (exact) mass is 307 g/mol. The summed E-state index contributed by atoms with van der Waals surface area (Å²) in [5.74, 6) is 0.609. The Morgan fingerprint density at radius 2 is 1.67 bits per heavy atom. The number of benzene rings is 2. The minimum Gasteiger partial charge on any atom is -0.496 e. The van der Waals surface area contributed by atoms with Gasteiger partial charge >= 0.3 is 0 Å². The number of ether oxygens (including phenoxy) is 2. The topological polar surface area (TPSA) is 78.6 Å². The lowest BCUT2D eigenvalue weighted by atomic mass is 10.2. The van der Waals surface area contributed by atoms with Crippen molar-refractivity contribution in [3.8, 4) is 11.5 Å². The molecule has 5 nitrogen and oxygen atoms in total. The zero-order valence-electron chi connectivity index (χ0n) is 11.9. The van der Waals surface area contributed by atoms with E-state index in [0.717, 1.165) is 0 Å². The molecule has 0 aromatic heterocycles. The fraction of sp³-hybridized carbons (Fsp3) is 0.200. The molecule has 0 aliphatic heterocycles. The minimum atomic E-state index is -3.57. The highest BCUT2D eigenvalue weighted by molar-refractivity contribution is 7.90. The van der Waals surface area contributed by atoms with Crippen molar-refractivity contribution in [3.63, 3.8) is 0 Å². The Labute approximate surface area is 124 Å². The normalized spacial score (nSPS) is 11.1. The van der Waals surface area contributed by atoms with E-state index >= 15 is 0 Å². The summed E-state index contributed by atoms with van der Waals surface area (Å²) in [7, 11) is -0.643. The SMILES string of the molecule is COc1ccccc1CS(=O)(=O)c1ccc(N)cc1OC. The molecule has 0 spiro atoms. The summed E-state index contributed by atoms with van der Waals surface area (Å²) in [6.07, 6.45) is 0. The zero-order valence-corrected chi connectivity index (χ0v) is 12.7. The number of methoxy groups -OCH3 is 2. The average molecular weight is 307 g/mol. The molecule has 0 amide bonds. The van der Waals surface area contributed by atoms with Crippen LogP contribution >= 0.6 is 0 Å². The van der Waals surface area contributed by atoms with Crippen molar-refractivity contribution >= 4 is 15.5 Å². The van der Waals surface area contributed by atoms with Crippen molar-refractivity contribution in [2.24, 2.45) is 0 Å². The summed E-state index contributed by atoms with van der Waals surface area (Å²) in [6, 6.07) is 11.5. The smallest absolute Gasteiger partial charge is 0.186 e. The molecule has 2 aromatic rings. The number of sulfone groups is 1. The summed E-state index contributed by atoms with van der Waals surface area (Å²) >= 11 is 0. The summed E-state index contributed by atoms with van der Waals surface area (Å²) < 4.78 is 35.5. The van der Waals surface area contributed by atoms with Gasteiger partial charge in [-0.3, -0.25) is 0 Å². The van der Waals surface area contributed by atoms with E-state index < -0.39 is 9.84 Å². The molecule has 112 valence electrons. The molecule has 0 aliphatic rings. The number of nitrogens with two attached hydrogens (primary N) is 1. The Morgan fingerprint density at radius 3 is 2.33 bits per heavy atom. The van der Waals surface area contributed by atoms with Crippen LogP contribution in [0, 0.1) is 0 Å². The Bertz CT molecular complexity index is 741. The fourth-order valence-corrected chi connectivity index (χ4v) is 3.57. The van der Waals surface area contributed by atoms with Gasteiger partial charge in [0, 0.05) is 17.3 Å². The van der Waals surface area contributed by atoms with E-state index in [4.69, 9.17) is 15.2 Å². The lowest BCUT2D eigenvalue weighted by Gasteiger charge is -2.12. The van der Waals surface area contributed by atoms with Crippen LogP contribution in [0.1, 0.15) is 5.56 Å². The van der Waals surface area contributed by atoms with E-state index in [2.05, 4.69) is 0 Å². The van der Waals surface area contributed by atoms with E-state index in [1.54, 1.807) is 24.3 Å². The number of para-hydroxylation sites is 1. The van der Waals surface area contributed by atoms with Crippen LogP contribution in [0.15, 0.2) is 47.4 Å². The highest BCUT2D eigenvalue weighted by Gasteiger charge is 2.22. The summed E-state index contributed by atoms with van der Waals surface area (Å²) in [4.78, 5) is 0.116.